The largest absolute Gasteiger partial charge is 0.486 e. The molecule has 0 heterocycles. The van der Waals surface area contributed by atoms with Crippen molar-refractivity contribution in [3.8, 4) is 5.75 Å². The summed E-state index contributed by atoms with van der Waals surface area (Å²) >= 11 is 0. The molecule has 0 atom stereocenters. The third-order valence-corrected chi connectivity index (χ3v) is 2.76. The number of rotatable bonds is 5. The minimum Gasteiger partial charge on any atom is -0.486 e. The SMILES string of the molecule is O=C(O)Cc1ccccc1COc1cccc(F)c1F. The third kappa shape index (κ3) is 3.32. The Labute approximate surface area is 114 Å². The van der Waals surface area contributed by atoms with E-state index in [1.54, 1.807) is 24.3 Å². The second-order valence-corrected chi connectivity index (χ2v) is 4.18. The van der Waals surface area contributed by atoms with E-state index in [4.69, 9.17) is 9.84 Å². The van der Waals surface area contributed by atoms with Gasteiger partial charge in [-0.05, 0) is 23.3 Å². The van der Waals surface area contributed by atoms with Crippen molar-refractivity contribution in [3.63, 3.8) is 0 Å². The molecule has 0 aliphatic heterocycles. The third-order valence-electron chi connectivity index (χ3n) is 2.76. The maximum Gasteiger partial charge on any atom is 0.307 e. The van der Waals surface area contributed by atoms with Gasteiger partial charge in [0.2, 0.25) is 5.82 Å². The molecule has 3 nitrogen and oxygen atoms in total. The number of hydrogen-bond acceptors (Lipinski definition) is 2. The number of carboxylic acids is 1. The van der Waals surface area contributed by atoms with Gasteiger partial charge in [0.25, 0.3) is 0 Å². The number of carboxylic acid groups (broad SMARTS) is 1. The molecule has 2 aromatic carbocycles. The van der Waals surface area contributed by atoms with Crippen molar-refractivity contribution in [2.45, 2.75) is 13.0 Å². The smallest absolute Gasteiger partial charge is 0.307 e. The molecule has 5 heteroatoms. The normalized spacial score (nSPS) is 10.3. The second kappa shape index (κ2) is 6.14. The minimum absolute atomic E-state index is 0.0240. The number of hydrogen-bond donors (Lipinski definition) is 1. The van der Waals surface area contributed by atoms with Crippen LogP contribution >= 0.6 is 0 Å². The molecule has 0 saturated carbocycles. The van der Waals surface area contributed by atoms with Crippen LogP contribution in [0.1, 0.15) is 11.1 Å². The van der Waals surface area contributed by atoms with Crippen molar-refractivity contribution in [1.29, 1.82) is 0 Å². The lowest BCUT2D eigenvalue weighted by atomic mass is 10.1. The highest BCUT2D eigenvalue weighted by Crippen LogP contribution is 2.21. The molecule has 0 spiro atoms. The van der Waals surface area contributed by atoms with E-state index >= 15 is 0 Å². The molecular weight excluding hydrogens is 266 g/mol. The van der Waals surface area contributed by atoms with Crippen LogP contribution in [0.25, 0.3) is 0 Å². The molecule has 0 saturated heterocycles. The summed E-state index contributed by atoms with van der Waals surface area (Å²) in [7, 11) is 0. The standard InChI is InChI=1S/C15H12F2O3/c16-12-6-3-7-13(15(12)17)20-9-11-5-2-1-4-10(11)8-14(18)19/h1-7H,8-9H2,(H,18,19). The number of ether oxygens (including phenoxy) is 1. The van der Waals surface area contributed by atoms with Gasteiger partial charge in [-0.25, -0.2) is 4.39 Å². The van der Waals surface area contributed by atoms with Crippen LogP contribution in [0.15, 0.2) is 42.5 Å². The van der Waals surface area contributed by atoms with Crippen molar-refractivity contribution in [2.75, 3.05) is 0 Å². The van der Waals surface area contributed by atoms with Crippen LogP contribution < -0.4 is 4.74 Å². The average molecular weight is 278 g/mol. The predicted molar refractivity (Wildman–Crippen MR) is 68.5 cm³/mol. The van der Waals surface area contributed by atoms with Gasteiger partial charge in [-0.3, -0.25) is 4.79 Å². The van der Waals surface area contributed by atoms with Crippen LogP contribution in [0.5, 0.6) is 5.75 Å². The Morgan fingerprint density at radius 3 is 2.45 bits per heavy atom. The van der Waals surface area contributed by atoms with E-state index in [0.717, 1.165) is 6.07 Å². The summed E-state index contributed by atoms with van der Waals surface area (Å²) in [6.45, 7) is -0.0240. The lowest BCUT2D eigenvalue weighted by Gasteiger charge is -2.10. The van der Waals surface area contributed by atoms with E-state index in [-0.39, 0.29) is 18.8 Å². The molecule has 0 bridgehead atoms. The van der Waals surface area contributed by atoms with Crippen LogP contribution in [0, 0.1) is 11.6 Å². The topological polar surface area (TPSA) is 46.5 Å². The molecule has 104 valence electrons. The Morgan fingerprint density at radius 1 is 1.05 bits per heavy atom. The fourth-order valence-corrected chi connectivity index (χ4v) is 1.78. The fourth-order valence-electron chi connectivity index (χ4n) is 1.78. The first-order valence-corrected chi connectivity index (χ1v) is 5.93. The molecule has 0 aliphatic rings. The summed E-state index contributed by atoms with van der Waals surface area (Å²) in [5, 5.41) is 8.81. The summed E-state index contributed by atoms with van der Waals surface area (Å²) in [5.41, 5.74) is 1.20. The molecule has 0 aliphatic carbocycles. The number of benzene rings is 2. The Bertz CT molecular complexity index is 626. The van der Waals surface area contributed by atoms with E-state index in [2.05, 4.69) is 0 Å². The maximum absolute atomic E-state index is 13.4. The van der Waals surface area contributed by atoms with Crippen LogP contribution in [0.3, 0.4) is 0 Å². The van der Waals surface area contributed by atoms with Crippen molar-refractivity contribution in [1.82, 2.24) is 0 Å². The van der Waals surface area contributed by atoms with Crippen LogP contribution in [0.4, 0.5) is 8.78 Å². The van der Waals surface area contributed by atoms with Gasteiger partial charge in [0.15, 0.2) is 11.6 Å². The van der Waals surface area contributed by atoms with Gasteiger partial charge in [0.1, 0.15) is 6.61 Å². The van der Waals surface area contributed by atoms with Gasteiger partial charge in [-0.15, -0.1) is 0 Å². The number of carbonyl (C=O) groups is 1. The van der Waals surface area contributed by atoms with E-state index < -0.39 is 17.6 Å². The van der Waals surface area contributed by atoms with Gasteiger partial charge >= 0.3 is 5.97 Å². The van der Waals surface area contributed by atoms with Gasteiger partial charge in [-0.2, -0.15) is 4.39 Å². The van der Waals surface area contributed by atoms with Crippen LogP contribution in [-0.2, 0) is 17.8 Å². The molecular formula is C15H12F2O3. The molecule has 0 radical (unpaired) electrons. The zero-order chi connectivity index (χ0) is 14.5. The monoisotopic (exact) mass is 278 g/mol. The van der Waals surface area contributed by atoms with E-state index in [9.17, 15) is 13.6 Å². The van der Waals surface area contributed by atoms with Gasteiger partial charge in [0, 0.05) is 0 Å². The van der Waals surface area contributed by atoms with Gasteiger partial charge < -0.3 is 9.84 Å². The summed E-state index contributed by atoms with van der Waals surface area (Å²) in [6.07, 6.45) is -0.148. The second-order valence-electron chi connectivity index (χ2n) is 4.18. The van der Waals surface area contributed by atoms with Crippen LogP contribution in [-0.4, -0.2) is 11.1 Å². The molecule has 20 heavy (non-hydrogen) atoms. The summed E-state index contributed by atoms with van der Waals surface area (Å²) in [5.74, 6) is -3.20. The Balaban J connectivity index is 2.15. The Hall–Kier alpha value is -2.43. The summed E-state index contributed by atoms with van der Waals surface area (Å²) in [4.78, 5) is 10.7. The minimum atomic E-state index is -1.05. The summed E-state index contributed by atoms with van der Waals surface area (Å²) in [6, 6.07) is 10.5. The lowest BCUT2D eigenvalue weighted by Crippen LogP contribution is -2.06. The highest BCUT2D eigenvalue weighted by atomic mass is 19.2. The lowest BCUT2D eigenvalue weighted by molar-refractivity contribution is -0.136. The maximum atomic E-state index is 13.4. The highest BCUT2D eigenvalue weighted by Gasteiger charge is 2.11. The first-order valence-electron chi connectivity index (χ1n) is 5.93. The van der Waals surface area contributed by atoms with E-state index in [0.29, 0.717) is 11.1 Å². The number of halogens is 2. The molecule has 0 aromatic heterocycles. The molecule has 0 amide bonds. The Morgan fingerprint density at radius 2 is 1.75 bits per heavy atom. The van der Waals surface area contributed by atoms with Crippen molar-refractivity contribution in [3.05, 3.63) is 65.2 Å². The summed E-state index contributed by atoms with van der Waals surface area (Å²) < 4.78 is 31.7. The van der Waals surface area contributed by atoms with Crippen molar-refractivity contribution in [2.24, 2.45) is 0 Å². The van der Waals surface area contributed by atoms with E-state index in [1.807, 2.05) is 0 Å². The van der Waals surface area contributed by atoms with Crippen molar-refractivity contribution < 1.29 is 23.4 Å². The van der Waals surface area contributed by atoms with E-state index in [1.165, 1.54) is 12.1 Å². The molecule has 2 aromatic rings. The molecule has 0 fully saturated rings. The van der Waals surface area contributed by atoms with Crippen LogP contribution in [0.2, 0.25) is 0 Å². The fraction of sp³-hybridized carbons (Fsp3) is 0.133. The average Bonchev–Trinajstić information content (AvgIpc) is 2.41. The van der Waals surface area contributed by atoms with Gasteiger partial charge in [-0.1, -0.05) is 30.3 Å². The number of aliphatic carboxylic acids is 1. The zero-order valence-electron chi connectivity index (χ0n) is 10.5. The molecule has 2 rings (SSSR count). The van der Waals surface area contributed by atoms with Gasteiger partial charge in [0.05, 0.1) is 6.42 Å². The molecule has 1 N–H and O–H groups in total. The molecule has 0 unspecified atom stereocenters. The highest BCUT2D eigenvalue weighted by molar-refractivity contribution is 5.70. The Kier molecular flexibility index (Phi) is 4.30. The first-order chi connectivity index (χ1) is 9.58. The van der Waals surface area contributed by atoms with Crippen molar-refractivity contribution >= 4 is 5.97 Å². The zero-order valence-corrected chi connectivity index (χ0v) is 10.5. The predicted octanol–water partition coefficient (Wildman–Crippen LogP) is 3.17. The quantitative estimate of drug-likeness (QED) is 0.913. The first kappa shape index (κ1) is 14.0.